The highest BCUT2D eigenvalue weighted by Gasteiger charge is 2.14. The first-order chi connectivity index (χ1) is 15.0. The molecule has 0 aliphatic carbocycles. The van der Waals surface area contributed by atoms with Crippen molar-refractivity contribution in [3.63, 3.8) is 0 Å². The average Bonchev–Trinajstić information content (AvgIpc) is 3.10. The highest BCUT2D eigenvalue weighted by atomic mass is 19.1. The fourth-order valence-corrected chi connectivity index (χ4v) is 3.42. The van der Waals surface area contributed by atoms with Gasteiger partial charge < -0.3 is 10.6 Å². The van der Waals surface area contributed by atoms with Crippen LogP contribution < -0.4 is 10.6 Å². The van der Waals surface area contributed by atoms with E-state index in [1.807, 2.05) is 18.4 Å². The Balaban J connectivity index is 1.61. The summed E-state index contributed by atoms with van der Waals surface area (Å²) in [6.45, 7) is 4.26. The zero-order valence-electron chi connectivity index (χ0n) is 17.1. The normalized spacial score (nSPS) is 10.8. The van der Waals surface area contributed by atoms with Gasteiger partial charge in [0.2, 0.25) is 0 Å². The number of halogens is 1. The van der Waals surface area contributed by atoms with Crippen molar-refractivity contribution in [3.8, 4) is 5.69 Å². The number of rotatable bonds is 5. The summed E-state index contributed by atoms with van der Waals surface area (Å²) in [6.07, 6.45) is 0. The number of aromatic nitrogens is 2. The summed E-state index contributed by atoms with van der Waals surface area (Å²) in [5.74, 6) is -0.0170. The second-order valence-electron chi connectivity index (χ2n) is 7.07. The molecule has 0 aliphatic rings. The number of nitrogens with zero attached hydrogens (tertiary/aromatic N) is 2. The average molecular weight is 416 g/mol. The Morgan fingerprint density at radius 2 is 1.61 bits per heavy atom. The molecule has 31 heavy (non-hydrogen) atoms. The molecule has 1 aromatic heterocycles. The van der Waals surface area contributed by atoms with E-state index in [2.05, 4.69) is 15.6 Å². The molecule has 0 atom stereocenters. The molecule has 7 heteroatoms. The van der Waals surface area contributed by atoms with E-state index >= 15 is 0 Å². The van der Waals surface area contributed by atoms with Crippen molar-refractivity contribution < 1.29 is 14.0 Å². The zero-order valence-corrected chi connectivity index (χ0v) is 17.1. The molecule has 0 bridgehead atoms. The van der Waals surface area contributed by atoms with E-state index in [1.165, 1.54) is 12.1 Å². The van der Waals surface area contributed by atoms with Crippen molar-refractivity contribution in [1.82, 2.24) is 14.9 Å². The predicted molar refractivity (Wildman–Crippen MR) is 118 cm³/mol. The lowest BCUT2D eigenvalue weighted by atomic mass is 10.1. The first-order valence-electron chi connectivity index (χ1n) is 9.91. The summed E-state index contributed by atoms with van der Waals surface area (Å²) in [7, 11) is 0. The lowest BCUT2D eigenvalue weighted by molar-refractivity contribution is 0.0955. The van der Waals surface area contributed by atoms with E-state index in [-0.39, 0.29) is 17.6 Å². The summed E-state index contributed by atoms with van der Waals surface area (Å²) in [5.41, 5.74) is 3.83. The monoisotopic (exact) mass is 416 g/mol. The number of hydrogen-bond acceptors (Lipinski definition) is 3. The lowest BCUT2D eigenvalue weighted by Crippen LogP contribution is -2.22. The van der Waals surface area contributed by atoms with Gasteiger partial charge in [-0.15, -0.1) is 0 Å². The summed E-state index contributed by atoms with van der Waals surface area (Å²) < 4.78 is 15.2. The van der Waals surface area contributed by atoms with Crippen LogP contribution in [0.1, 0.15) is 33.5 Å². The van der Waals surface area contributed by atoms with Crippen molar-refractivity contribution in [2.24, 2.45) is 0 Å². The SMILES string of the molecule is CCNC(=O)c1ccc(NC(=O)c2ccc3nc(C)n(-c4ccc(F)cc4)c3c2)cc1. The van der Waals surface area contributed by atoms with E-state index in [4.69, 9.17) is 0 Å². The Morgan fingerprint density at radius 1 is 0.935 bits per heavy atom. The van der Waals surface area contributed by atoms with E-state index in [0.717, 1.165) is 22.5 Å². The maximum Gasteiger partial charge on any atom is 0.255 e. The van der Waals surface area contributed by atoms with Gasteiger partial charge in [-0.2, -0.15) is 0 Å². The lowest BCUT2D eigenvalue weighted by Gasteiger charge is -2.09. The van der Waals surface area contributed by atoms with Crippen LogP contribution in [0.15, 0.2) is 66.7 Å². The molecule has 6 nitrogen and oxygen atoms in total. The molecular formula is C24H21FN4O2. The quantitative estimate of drug-likeness (QED) is 0.504. The van der Waals surface area contributed by atoms with Gasteiger partial charge in [-0.1, -0.05) is 0 Å². The molecule has 0 radical (unpaired) electrons. The fourth-order valence-electron chi connectivity index (χ4n) is 3.42. The molecule has 0 saturated carbocycles. The number of anilines is 1. The number of carbonyl (C=O) groups excluding carboxylic acids is 2. The van der Waals surface area contributed by atoms with Crippen LogP contribution in [-0.4, -0.2) is 27.9 Å². The van der Waals surface area contributed by atoms with Gasteiger partial charge in [0, 0.05) is 29.0 Å². The minimum Gasteiger partial charge on any atom is -0.352 e. The van der Waals surface area contributed by atoms with Crippen molar-refractivity contribution in [1.29, 1.82) is 0 Å². The van der Waals surface area contributed by atoms with Gasteiger partial charge in [-0.25, -0.2) is 9.37 Å². The van der Waals surface area contributed by atoms with E-state index in [1.54, 1.807) is 54.6 Å². The number of imidazole rings is 1. The molecule has 0 unspecified atom stereocenters. The van der Waals surface area contributed by atoms with Crippen LogP contribution in [-0.2, 0) is 0 Å². The van der Waals surface area contributed by atoms with E-state index in [0.29, 0.717) is 23.4 Å². The fraction of sp³-hybridized carbons (Fsp3) is 0.125. The van der Waals surface area contributed by atoms with Crippen molar-refractivity contribution in [2.75, 3.05) is 11.9 Å². The molecule has 156 valence electrons. The van der Waals surface area contributed by atoms with Gasteiger partial charge in [-0.05, 0) is 80.6 Å². The van der Waals surface area contributed by atoms with Crippen molar-refractivity contribution in [3.05, 3.63) is 89.5 Å². The zero-order chi connectivity index (χ0) is 22.0. The van der Waals surface area contributed by atoms with Gasteiger partial charge in [0.05, 0.1) is 11.0 Å². The van der Waals surface area contributed by atoms with Crippen molar-refractivity contribution in [2.45, 2.75) is 13.8 Å². The maximum atomic E-state index is 13.3. The molecule has 0 saturated heterocycles. The van der Waals surface area contributed by atoms with Crippen LogP contribution in [0.4, 0.5) is 10.1 Å². The Morgan fingerprint density at radius 3 is 2.29 bits per heavy atom. The standard InChI is InChI=1S/C24H21FN4O2/c1-3-26-23(30)16-4-9-19(10-5-16)28-24(31)17-6-13-21-22(14-17)29(15(2)27-21)20-11-7-18(25)8-12-20/h4-14H,3H2,1-2H3,(H,26,30)(H,28,31). The highest BCUT2D eigenvalue weighted by molar-refractivity contribution is 6.06. The first kappa shape index (κ1) is 20.3. The van der Waals surface area contributed by atoms with Crippen LogP contribution in [0.5, 0.6) is 0 Å². The summed E-state index contributed by atoms with van der Waals surface area (Å²) in [4.78, 5) is 29.2. The number of carbonyl (C=O) groups is 2. The molecule has 4 aromatic rings. The third-order valence-electron chi connectivity index (χ3n) is 4.91. The molecule has 3 aromatic carbocycles. The van der Waals surface area contributed by atoms with Crippen LogP contribution in [0.2, 0.25) is 0 Å². The number of amides is 2. The third-order valence-corrected chi connectivity index (χ3v) is 4.91. The van der Waals surface area contributed by atoms with Crippen LogP contribution >= 0.6 is 0 Å². The largest absolute Gasteiger partial charge is 0.352 e. The summed E-state index contributed by atoms with van der Waals surface area (Å²) in [5, 5.41) is 5.58. The number of fused-ring (bicyclic) bond motifs is 1. The number of hydrogen-bond donors (Lipinski definition) is 2. The molecule has 0 aliphatic heterocycles. The predicted octanol–water partition coefficient (Wildman–Crippen LogP) is 4.48. The second-order valence-corrected chi connectivity index (χ2v) is 7.07. The Bertz CT molecular complexity index is 1260. The van der Waals surface area contributed by atoms with Crippen LogP contribution in [0, 0.1) is 12.7 Å². The topological polar surface area (TPSA) is 76.0 Å². The molecule has 2 N–H and O–H groups in total. The number of nitrogens with one attached hydrogen (secondary N) is 2. The third kappa shape index (κ3) is 4.16. The molecule has 2 amide bonds. The van der Waals surface area contributed by atoms with Gasteiger partial charge in [0.1, 0.15) is 11.6 Å². The van der Waals surface area contributed by atoms with E-state index < -0.39 is 0 Å². The summed E-state index contributed by atoms with van der Waals surface area (Å²) in [6, 6.07) is 18.1. The van der Waals surface area contributed by atoms with Crippen molar-refractivity contribution >= 4 is 28.5 Å². The van der Waals surface area contributed by atoms with Gasteiger partial charge in [0.25, 0.3) is 11.8 Å². The molecule has 0 spiro atoms. The molecule has 1 heterocycles. The minimum absolute atomic E-state index is 0.157. The number of benzene rings is 3. The van der Waals surface area contributed by atoms with Crippen LogP contribution in [0.25, 0.3) is 16.7 Å². The molecular weight excluding hydrogens is 395 g/mol. The van der Waals surface area contributed by atoms with Gasteiger partial charge >= 0.3 is 0 Å². The first-order valence-corrected chi connectivity index (χ1v) is 9.91. The molecule has 4 rings (SSSR count). The van der Waals surface area contributed by atoms with Gasteiger partial charge in [0.15, 0.2) is 0 Å². The Hall–Kier alpha value is -4.00. The highest BCUT2D eigenvalue weighted by Crippen LogP contribution is 2.23. The minimum atomic E-state index is -0.316. The maximum absolute atomic E-state index is 13.3. The Kier molecular flexibility index (Phi) is 5.49. The van der Waals surface area contributed by atoms with Gasteiger partial charge in [-0.3, -0.25) is 14.2 Å². The van der Waals surface area contributed by atoms with Crippen LogP contribution in [0.3, 0.4) is 0 Å². The summed E-state index contributed by atoms with van der Waals surface area (Å²) >= 11 is 0. The smallest absolute Gasteiger partial charge is 0.255 e. The molecule has 0 fully saturated rings. The second kappa shape index (κ2) is 8.39. The number of aryl methyl sites for hydroxylation is 1. The van der Waals surface area contributed by atoms with E-state index in [9.17, 15) is 14.0 Å². The Labute approximate surface area is 178 Å².